The van der Waals surface area contributed by atoms with Crippen LogP contribution in [0.5, 0.6) is 0 Å². The summed E-state index contributed by atoms with van der Waals surface area (Å²) in [6.07, 6.45) is 4.56. The second-order valence-electron chi connectivity index (χ2n) is 6.06. The second-order valence-corrected chi connectivity index (χ2v) is 6.49. The van der Waals surface area contributed by atoms with Crippen LogP contribution < -0.4 is 10.2 Å². The summed E-state index contributed by atoms with van der Waals surface area (Å²) in [6, 6.07) is 11.7. The molecule has 0 radical (unpaired) electrons. The number of rotatable bonds is 4. The van der Waals surface area contributed by atoms with Crippen LogP contribution in [0.1, 0.15) is 6.42 Å². The van der Waals surface area contributed by atoms with Crippen LogP contribution in [0, 0.1) is 5.92 Å². The Morgan fingerprint density at radius 2 is 2.12 bits per heavy atom. The molecule has 1 saturated heterocycles. The first-order chi connectivity index (χ1) is 11.8. The zero-order valence-electron chi connectivity index (χ0n) is 13.2. The molecule has 3 aromatic rings. The minimum absolute atomic E-state index is 0.573. The second kappa shape index (κ2) is 6.61. The van der Waals surface area contributed by atoms with Crippen molar-refractivity contribution in [3.63, 3.8) is 0 Å². The highest BCUT2D eigenvalue weighted by Crippen LogP contribution is 2.29. The van der Waals surface area contributed by atoms with E-state index in [9.17, 15) is 0 Å². The van der Waals surface area contributed by atoms with Crippen LogP contribution in [0.3, 0.4) is 0 Å². The summed E-state index contributed by atoms with van der Waals surface area (Å²) in [5.41, 5.74) is 0.891. The number of benzene rings is 1. The van der Waals surface area contributed by atoms with E-state index in [1.54, 1.807) is 12.5 Å². The molecule has 2 aromatic heterocycles. The number of pyridine rings is 1. The molecule has 1 aliphatic heterocycles. The Bertz CT molecular complexity index is 839. The predicted molar refractivity (Wildman–Crippen MR) is 97.6 cm³/mol. The van der Waals surface area contributed by atoms with Crippen LogP contribution in [0.2, 0.25) is 5.02 Å². The number of halogens is 1. The van der Waals surface area contributed by atoms with Crippen LogP contribution in [0.15, 0.2) is 48.9 Å². The van der Waals surface area contributed by atoms with Crippen molar-refractivity contribution in [2.45, 2.75) is 6.42 Å². The molecule has 1 N–H and O–H groups in total. The first-order valence-electron chi connectivity index (χ1n) is 8.10. The van der Waals surface area contributed by atoms with Crippen molar-refractivity contribution in [3.05, 3.63) is 53.9 Å². The largest absolute Gasteiger partial charge is 0.370 e. The SMILES string of the molecule is Clc1ccc2c(N3CCC(CNc4ccccn4)C3)ncnc2c1. The van der Waals surface area contributed by atoms with Gasteiger partial charge in [-0.2, -0.15) is 0 Å². The van der Waals surface area contributed by atoms with Crippen LogP contribution in [0.25, 0.3) is 10.9 Å². The molecule has 6 heteroatoms. The van der Waals surface area contributed by atoms with Crippen molar-refractivity contribution < 1.29 is 0 Å². The van der Waals surface area contributed by atoms with E-state index in [0.29, 0.717) is 10.9 Å². The van der Waals surface area contributed by atoms with Crippen molar-refractivity contribution >= 4 is 34.1 Å². The molecule has 1 aromatic carbocycles. The summed E-state index contributed by atoms with van der Waals surface area (Å²) >= 11 is 6.07. The number of nitrogens with one attached hydrogen (secondary N) is 1. The Morgan fingerprint density at radius 1 is 1.17 bits per heavy atom. The average molecular weight is 340 g/mol. The van der Waals surface area contributed by atoms with Crippen molar-refractivity contribution in [2.24, 2.45) is 5.92 Å². The van der Waals surface area contributed by atoms with Crippen molar-refractivity contribution in [2.75, 3.05) is 29.9 Å². The third-order valence-electron chi connectivity index (χ3n) is 4.40. The van der Waals surface area contributed by atoms with Crippen LogP contribution in [-0.4, -0.2) is 34.6 Å². The van der Waals surface area contributed by atoms with E-state index < -0.39 is 0 Å². The lowest BCUT2D eigenvalue weighted by atomic mass is 10.1. The highest BCUT2D eigenvalue weighted by Gasteiger charge is 2.24. The summed E-state index contributed by atoms with van der Waals surface area (Å²) in [4.78, 5) is 15.5. The number of aromatic nitrogens is 3. The van der Waals surface area contributed by atoms with Crippen molar-refractivity contribution in [3.8, 4) is 0 Å². The quantitative estimate of drug-likeness (QED) is 0.786. The Morgan fingerprint density at radius 3 is 3.00 bits per heavy atom. The third kappa shape index (κ3) is 3.12. The minimum Gasteiger partial charge on any atom is -0.370 e. The molecule has 0 spiro atoms. The zero-order valence-corrected chi connectivity index (χ0v) is 13.9. The molecular weight excluding hydrogens is 322 g/mol. The number of hydrogen-bond acceptors (Lipinski definition) is 5. The zero-order chi connectivity index (χ0) is 16.4. The lowest BCUT2D eigenvalue weighted by Crippen LogP contribution is -2.23. The first-order valence-corrected chi connectivity index (χ1v) is 8.47. The molecule has 5 nitrogen and oxygen atoms in total. The van der Waals surface area contributed by atoms with Gasteiger partial charge in [-0.3, -0.25) is 0 Å². The fraction of sp³-hybridized carbons (Fsp3) is 0.278. The van der Waals surface area contributed by atoms with E-state index in [-0.39, 0.29) is 0 Å². The summed E-state index contributed by atoms with van der Waals surface area (Å²) < 4.78 is 0. The van der Waals surface area contributed by atoms with Gasteiger partial charge in [0.15, 0.2) is 0 Å². The van der Waals surface area contributed by atoms with Gasteiger partial charge in [0.25, 0.3) is 0 Å². The lowest BCUT2D eigenvalue weighted by molar-refractivity contribution is 0.621. The fourth-order valence-corrected chi connectivity index (χ4v) is 3.34. The topological polar surface area (TPSA) is 53.9 Å². The van der Waals surface area contributed by atoms with E-state index in [1.165, 1.54) is 0 Å². The normalized spacial score (nSPS) is 17.4. The van der Waals surface area contributed by atoms with Gasteiger partial charge in [0, 0.05) is 36.2 Å². The highest BCUT2D eigenvalue weighted by molar-refractivity contribution is 6.31. The smallest absolute Gasteiger partial charge is 0.139 e. The number of fused-ring (bicyclic) bond motifs is 1. The molecule has 1 unspecified atom stereocenters. The fourth-order valence-electron chi connectivity index (χ4n) is 3.18. The van der Waals surface area contributed by atoms with Crippen LogP contribution in [-0.2, 0) is 0 Å². The molecule has 4 rings (SSSR count). The van der Waals surface area contributed by atoms with Crippen LogP contribution in [0.4, 0.5) is 11.6 Å². The van der Waals surface area contributed by atoms with E-state index in [1.807, 2.05) is 36.4 Å². The first kappa shape index (κ1) is 15.1. The maximum absolute atomic E-state index is 6.07. The Kier molecular flexibility index (Phi) is 4.17. The van der Waals surface area contributed by atoms with Gasteiger partial charge < -0.3 is 10.2 Å². The monoisotopic (exact) mass is 339 g/mol. The molecule has 122 valence electrons. The van der Waals surface area contributed by atoms with E-state index in [2.05, 4.69) is 25.2 Å². The van der Waals surface area contributed by atoms with Gasteiger partial charge in [0.2, 0.25) is 0 Å². The standard InChI is InChI=1S/C18H18ClN5/c19-14-4-5-15-16(9-14)22-12-23-18(15)24-8-6-13(11-24)10-21-17-3-1-2-7-20-17/h1-5,7,9,12-13H,6,8,10-11H2,(H,20,21). The lowest BCUT2D eigenvalue weighted by Gasteiger charge is -2.19. The third-order valence-corrected chi connectivity index (χ3v) is 4.63. The van der Waals surface area contributed by atoms with Gasteiger partial charge in [-0.05, 0) is 42.7 Å². The summed E-state index contributed by atoms with van der Waals surface area (Å²) in [5, 5.41) is 5.17. The molecule has 0 bridgehead atoms. The maximum Gasteiger partial charge on any atom is 0.139 e. The maximum atomic E-state index is 6.07. The highest BCUT2D eigenvalue weighted by atomic mass is 35.5. The number of hydrogen-bond donors (Lipinski definition) is 1. The Labute approximate surface area is 145 Å². The van der Waals surface area contributed by atoms with E-state index in [4.69, 9.17) is 11.6 Å². The summed E-state index contributed by atoms with van der Waals surface area (Å²) in [7, 11) is 0. The molecule has 1 fully saturated rings. The molecule has 0 aliphatic carbocycles. The molecule has 0 saturated carbocycles. The van der Waals surface area contributed by atoms with Gasteiger partial charge in [-0.25, -0.2) is 15.0 Å². The van der Waals surface area contributed by atoms with E-state index in [0.717, 1.165) is 48.6 Å². The molecule has 3 heterocycles. The average Bonchev–Trinajstić information content (AvgIpc) is 3.09. The van der Waals surface area contributed by atoms with Crippen molar-refractivity contribution in [1.29, 1.82) is 0 Å². The predicted octanol–water partition coefficient (Wildman–Crippen LogP) is 3.62. The Balaban J connectivity index is 1.47. The molecule has 1 atom stereocenters. The minimum atomic E-state index is 0.573. The molecule has 1 aliphatic rings. The van der Waals surface area contributed by atoms with Crippen molar-refractivity contribution in [1.82, 2.24) is 15.0 Å². The summed E-state index contributed by atoms with van der Waals surface area (Å²) in [5.74, 6) is 2.50. The molecule has 24 heavy (non-hydrogen) atoms. The number of nitrogens with zero attached hydrogens (tertiary/aromatic N) is 4. The van der Waals surface area contributed by atoms with Gasteiger partial charge in [0.1, 0.15) is 18.0 Å². The van der Waals surface area contributed by atoms with Gasteiger partial charge in [-0.1, -0.05) is 17.7 Å². The van der Waals surface area contributed by atoms with Gasteiger partial charge >= 0.3 is 0 Å². The van der Waals surface area contributed by atoms with E-state index >= 15 is 0 Å². The molecular formula is C18H18ClN5. The summed E-state index contributed by atoms with van der Waals surface area (Å²) in [6.45, 7) is 2.90. The van der Waals surface area contributed by atoms with Crippen LogP contribution >= 0.6 is 11.6 Å². The van der Waals surface area contributed by atoms with Gasteiger partial charge in [-0.15, -0.1) is 0 Å². The van der Waals surface area contributed by atoms with Gasteiger partial charge in [0.05, 0.1) is 5.52 Å². The molecule has 0 amide bonds. The Hall–Kier alpha value is -2.40. The number of anilines is 2.